The van der Waals surface area contributed by atoms with Crippen LogP contribution in [0.15, 0.2) is 129 Å². The van der Waals surface area contributed by atoms with Gasteiger partial charge in [-0.1, -0.05) is 12.1 Å². The summed E-state index contributed by atoms with van der Waals surface area (Å²) in [5, 5.41) is 25.0. The van der Waals surface area contributed by atoms with Crippen LogP contribution >= 0.6 is 0 Å². The van der Waals surface area contributed by atoms with E-state index in [4.69, 9.17) is 14.2 Å². The van der Waals surface area contributed by atoms with Gasteiger partial charge in [-0.05, 0) is 144 Å². The lowest BCUT2D eigenvalue weighted by atomic mass is 10.1. The highest BCUT2D eigenvalue weighted by Crippen LogP contribution is 2.43. The smallest absolute Gasteiger partial charge is 0.275 e. The molecule has 9 aromatic heterocycles. The van der Waals surface area contributed by atoms with Gasteiger partial charge in [0.2, 0.25) is 17.6 Å². The van der Waals surface area contributed by atoms with Crippen molar-refractivity contribution < 1.29 is 37.4 Å². The van der Waals surface area contributed by atoms with Crippen LogP contribution in [0.3, 0.4) is 0 Å². The summed E-state index contributed by atoms with van der Waals surface area (Å²) in [6, 6.07) is 21.4. The maximum absolute atomic E-state index is 13.5. The van der Waals surface area contributed by atoms with Crippen molar-refractivity contribution in [2.75, 3.05) is 19.6 Å². The number of rotatable bonds is 13. The van der Waals surface area contributed by atoms with Crippen LogP contribution in [-0.4, -0.2) is 163 Å². The summed E-state index contributed by atoms with van der Waals surface area (Å²) < 4.78 is 45.2. The summed E-state index contributed by atoms with van der Waals surface area (Å²) in [6.45, 7) is 12.5. The molecule has 3 saturated heterocycles. The second-order valence-electron chi connectivity index (χ2n) is 24.1. The summed E-state index contributed by atoms with van der Waals surface area (Å²) in [4.78, 5) is 76.6. The van der Waals surface area contributed by atoms with Crippen molar-refractivity contribution in [3.05, 3.63) is 179 Å². The average Bonchev–Trinajstić information content (AvgIpc) is 1.67. The van der Waals surface area contributed by atoms with Crippen molar-refractivity contribution in [2.45, 2.75) is 122 Å². The van der Waals surface area contributed by atoms with Gasteiger partial charge in [-0.3, -0.25) is 14.4 Å². The van der Waals surface area contributed by atoms with Crippen LogP contribution in [0, 0.1) is 52.4 Å². The number of pyridine rings is 6. The first-order chi connectivity index (χ1) is 43.5. The Morgan fingerprint density at radius 3 is 1.00 bits per heavy atom. The second-order valence-corrected chi connectivity index (χ2v) is 24.1. The Morgan fingerprint density at radius 2 is 0.733 bits per heavy atom. The highest BCUT2D eigenvalue weighted by Gasteiger charge is 2.52. The molecule has 15 rings (SSSR count). The lowest BCUT2D eigenvalue weighted by Crippen LogP contribution is -2.47. The number of halogens is 2. The molecule has 24 nitrogen and oxygen atoms in total. The number of carbonyl (C=O) groups is 3. The number of carbonyl (C=O) groups excluding carboxylic acids is 3. The van der Waals surface area contributed by atoms with Crippen LogP contribution < -0.4 is 14.2 Å². The maximum Gasteiger partial charge on any atom is 0.275 e. The van der Waals surface area contributed by atoms with Gasteiger partial charge in [0, 0.05) is 86.0 Å². The van der Waals surface area contributed by atoms with Gasteiger partial charge in [0.1, 0.15) is 35.4 Å². The number of alkyl halides is 2. The molecule has 9 atom stereocenters. The molecule has 6 bridgehead atoms. The van der Waals surface area contributed by atoms with Gasteiger partial charge < -0.3 is 28.9 Å². The van der Waals surface area contributed by atoms with Crippen LogP contribution in [-0.2, 0) is 5.92 Å². The Bertz CT molecular complexity index is 3860. The molecule has 0 aromatic carbocycles. The largest absolute Gasteiger partial charge is 0.472 e. The summed E-state index contributed by atoms with van der Waals surface area (Å²) in [5.74, 6) is -0.670. The molecule has 3 saturated carbocycles. The highest BCUT2D eigenvalue weighted by molar-refractivity contribution is 5.97. The number of ether oxygens (including phenoxy) is 3. The van der Waals surface area contributed by atoms with Gasteiger partial charge in [0.25, 0.3) is 23.6 Å². The van der Waals surface area contributed by atoms with E-state index in [2.05, 4.69) is 60.5 Å². The van der Waals surface area contributed by atoms with Crippen molar-refractivity contribution in [2.24, 2.45) is 17.8 Å². The number of amides is 3. The minimum atomic E-state index is -2.96. The fraction of sp³-hybridized carbons (Fsp3) is 0.391. The minimum Gasteiger partial charge on any atom is -0.472 e. The van der Waals surface area contributed by atoms with Crippen molar-refractivity contribution >= 4 is 17.7 Å². The standard InChI is InChI=1S/C22H22F2N6O2.2C21H22N6O2/c1-13-3-5-16(30-26-7-8-27-30)20(28-13)21(31)29-12-14-9-17(29)18(10-14)32-19-6-4-15(11-25-19)22(2,23)24;2*1-13-3-6-19(22-11-13)29-18-10-15-9-17(18)26(12-15)21(28)20-16(5-4-14(2)25-20)27-23-7-8-24-27/h3-8,11,14,17-18H,9-10,12H2,1-2H3;2*3-8,11,15,17-18H,9-10,12H2,1-2H3. The molecule has 0 spiro atoms. The van der Waals surface area contributed by atoms with Gasteiger partial charge in [-0.2, -0.15) is 30.6 Å². The third kappa shape index (κ3) is 12.3. The van der Waals surface area contributed by atoms with E-state index in [1.54, 1.807) is 60.5 Å². The fourth-order valence-corrected chi connectivity index (χ4v) is 13.2. The number of likely N-dealkylation sites (tertiary alicyclic amines) is 3. The number of aryl methyl sites for hydroxylation is 5. The molecule has 26 heteroatoms. The Kier molecular flexibility index (Phi) is 16.1. The molecule has 3 aliphatic heterocycles. The zero-order valence-electron chi connectivity index (χ0n) is 50.4. The Hall–Kier alpha value is -10.0. The van der Waals surface area contributed by atoms with Crippen molar-refractivity contribution in [1.82, 2.24) is 89.6 Å². The van der Waals surface area contributed by atoms with Gasteiger partial charge in [-0.15, -0.1) is 14.4 Å². The fourth-order valence-electron chi connectivity index (χ4n) is 13.2. The average molecular weight is 1220 g/mol. The molecule has 0 N–H and O–H groups in total. The number of hydrogen-bond acceptors (Lipinski definition) is 18. The van der Waals surface area contributed by atoms with E-state index in [0.717, 1.165) is 92.9 Å². The lowest BCUT2D eigenvalue weighted by molar-refractivity contribution is 0.0167. The lowest BCUT2D eigenvalue weighted by Gasteiger charge is -2.33. The van der Waals surface area contributed by atoms with Crippen LogP contribution in [0.25, 0.3) is 17.1 Å². The van der Waals surface area contributed by atoms with E-state index in [0.29, 0.717) is 70.2 Å². The van der Waals surface area contributed by atoms with Crippen molar-refractivity contribution in [3.8, 4) is 34.7 Å². The molecule has 3 aliphatic carbocycles. The molecule has 9 unspecified atom stereocenters. The number of aromatic nitrogens is 15. The minimum absolute atomic E-state index is 0.0244. The van der Waals surface area contributed by atoms with E-state index in [-0.39, 0.29) is 65.6 Å². The molecule has 6 fully saturated rings. The molecule has 6 aliphatic rings. The van der Waals surface area contributed by atoms with Gasteiger partial charge in [0.05, 0.1) is 55.3 Å². The second kappa shape index (κ2) is 24.5. The molecule has 462 valence electrons. The van der Waals surface area contributed by atoms with E-state index in [1.165, 1.54) is 26.5 Å². The first-order valence-corrected chi connectivity index (χ1v) is 30.1. The van der Waals surface area contributed by atoms with Crippen LogP contribution in [0.5, 0.6) is 17.6 Å². The van der Waals surface area contributed by atoms with Gasteiger partial charge >= 0.3 is 0 Å². The zero-order chi connectivity index (χ0) is 62.4. The SMILES string of the molecule is Cc1ccc(-n2nccn2)c(C(=O)N2CC3CC(Oc4ccc(C(C)(F)F)cn4)C2C3)n1.Cc1ccc(OC2CC3CC2N(C(=O)c2nc(C)ccc2-n2nccn2)C3)nc1.Cc1ccc(OC2CC3CC2N(C(=O)c2nc(C)ccc2-n2nccn2)C3)nc1. The summed E-state index contributed by atoms with van der Waals surface area (Å²) >= 11 is 0. The molecular formula is C64H66F2N18O6. The highest BCUT2D eigenvalue weighted by atomic mass is 19.3. The number of fused-ring (bicyclic) bond motifs is 6. The molecule has 3 amide bonds. The quantitative estimate of drug-likeness (QED) is 0.106. The summed E-state index contributed by atoms with van der Waals surface area (Å²) in [6.07, 6.45) is 19.2. The Balaban J connectivity index is 0.000000124. The Labute approximate surface area is 516 Å². The third-order valence-electron chi connectivity index (χ3n) is 17.4. The van der Waals surface area contributed by atoms with E-state index < -0.39 is 5.92 Å². The van der Waals surface area contributed by atoms with E-state index in [1.807, 2.05) is 99.0 Å². The van der Waals surface area contributed by atoms with Crippen LogP contribution in [0.2, 0.25) is 0 Å². The number of hydrogen-bond donors (Lipinski definition) is 0. The van der Waals surface area contributed by atoms with Crippen LogP contribution in [0.4, 0.5) is 8.78 Å². The zero-order valence-corrected chi connectivity index (χ0v) is 50.4. The number of piperidine rings is 3. The third-order valence-corrected chi connectivity index (χ3v) is 17.4. The predicted octanol–water partition coefficient (Wildman–Crippen LogP) is 7.87. The normalized spacial score (nSPS) is 22.7. The van der Waals surface area contributed by atoms with Crippen molar-refractivity contribution in [1.29, 1.82) is 0 Å². The first-order valence-electron chi connectivity index (χ1n) is 30.1. The number of nitrogens with zero attached hydrogens (tertiary/aromatic N) is 18. The molecule has 9 aromatic rings. The monoisotopic (exact) mass is 1220 g/mol. The van der Waals surface area contributed by atoms with E-state index >= 15 is 0 Å². The first kappa shape index (κ1) is 59.0. The molecule has 0 radical (unpaired) electrons. The van der Waals surface area contributed by atoms with E-state index in [9.17, 15) is 23.2 Å². The summed E-state index contributed by atoms with van der Waals surface area (Å²) in [5.41, 5.74) is 7.04. The van der Waals surface area contributed by atoms with Gasteiger partial charge in [0.15, 0.2) is 17.1 Å². The maximum atomic E-state index is 13.5. The van der Waals surface area contributed by atoms with Crippen LogP contribution in [0.1, 0.15) is 111 Å². The summed E-state index contributed by atoms with van der Waals surface area (Å²) in [7, 11) is 0. The molecular weight excluding hydrogens is 1150 g/mol. The molecule has 90 heavy (non-hydrogen) atoms. The Morgan fingerprint density at radius 1 is 0.422 bits per heavy atom. The predicted molar refractivity (Wildman–Crippen MR) is 319 cm³/mol. The molecule has 12 heterocycles. The van der Waals surface area contributed by atoms with Crippen molar-refractivity contribution in [3.63, 3.8) is 0 Å². The van der Waals surface area contributed by atoms with Gasteiger partial charge in [-0.25, -0.2) is 38.7 Å². The topological polar surface area (TPSA) is 258 Å².